The first-order chi connectivity index (χ1) is 15.6. The maximum absolute atomic E-state index is 13.6. The van der Waals surface area contributed by atoms with Crippen LogP contribution in [0.15, 0.2) is 41.8 Å². The Bertz CT molecular complexity index is 1160. The van der Waals surface area contributed by atoms with Crippen LogP contribution < -0.4 is 4.90 Å². The van der Waals surface area contributed by atoms with Gasteiger partial charge in [-0.3, -0.25) is 15.0 Å². The predicted molar refractivity (Wildman–Crippen MR) is 118 cm³/mol. The fourth-order valence-electron chi connectivity index (χ4n) is 4.09. The molecule has 1 aromatic heterocycles. The molecule has 2 aromatic carbocycles. The zero-order chi connectivity index (χ0) is 23.8. The second-order valence-electron chi connectivity index (χ2n) is 7.92. The molecule has 1 aliphatic rings. The van der Waals surface area contributed by atoms with E-state index in [1.807, 2.05) is 10.3 Å². The van der Waals surface area contributed by atoms with E-state index in [9.17, 15) is 32.8 Å². The van der Waals surface area contributed by atoms with Crippen LogP contribution in [0.1, 0.15) is 23.7 Å². The van der Waals surface area contributed by atoms with E-state index >= 15 is 0 Å². The average molecular weight is 483 g/mol. The van der Waals surface area contributed by atoms with Crippen LogP contribution in [-0.2, 0) is 6.18 Å². The van der Waals surface area contributed by atoms with Crippen molar-refractivity contribution in [2.24, 2.45) is 0 Å². The molecule has 1 unspecified atom stereocenters. The number of rotatable bonds is 6. The third kappa shape index (κ3) is 5.10. The van der Waals surface area contributed by atoms with Crippen LogP contribution in [0.4, 0.5) is 28.9 Å². The standard InChI is InChI=1S/C22H21F4N3O3S/c23-14-1-4-21-16(11-14)17(13-33-21)20(30)5-6-27-7-9-28(10-8-27)19-3-2-15(29(31)32)12-18(19)22(24,25)26/h1-4,11-13,20,30H,5-10H2. The normalized spacial score (nSPS) is 16.3. The number of nitro benzene ring substituents is 1. The van der Waals surface area contributed by atoms with Crippen LogP contribution in [-0.4, -0.2) is 47.7 Å². The highest BCUT2D eigenvalue weighted by Gasteiger charge is 2.37. The molecule has 1 atom stereocenters. The van der Waals surface area contributed by atoms with Gasteiger partial charge in [0, 0.05) is 60.6 Å². The lowest BCUT2D eigenvalue weighted by atomic mass is 10.0. The van der Waals surface area contributed by atoms with Crippen molar-refractivity contribution in [1.82, 2.24) is 4.90 Å². The third-order valence-electron chi connectivity index (χ3n) is 5.85. The summed E-state index contributed by atoms with van der Waals surface area (Å²) in [6, 6.07) is 7.28. The lowest BCUT2D eigenvalue weighted by Gasteiger charge is -2.37. The van der Waals surface area contributed by atoms with E-state index in [1.165, 1.54) is 23.5 Å². The number of thiophene rings is 1. The molecular formula is C22H21F4N3O3S. The van der Waals surface area contributed by atoms with Crippen LogP contribution in [0.5, 0.6) is 0 Å². The molecule has 176 valence electrons. The Kier molecular flexibility index (Phi) is 6.55. The Labute approximate surface area is 190 Å². The largest absolute Gasteiger partial charge is 0.418 e. The summed E-state index contributed by atoms with van der Waals surface area (Å²) in [5, 5.41) is 24.0. The molecule has 3 aromatic rings. The van der Waals surface area contributed by atoms with Crippen molar-refractivity contribution in [1.29, 1.82) is 0 Å². The van der Waals surface area contributed by atoms with E-state index in [0.29, 0.717) is 56.2 Å². The maximum atomic E-state index is 13.6. The number of fused-ring (bicyclic) bond motifs is 1. The monoisotopic (exact) mass is 483 g/mol. The number of halogens is 4. The first kappa shape index (κ1) is 23.4. The number of alkyl halides is 3. The van der Waals surface area contributed by atoms with E-state index in [-0.39, 0.29) is 11.5 Å². The van der Waals surface area contributed by atoms with Gasteiger partial charge in [-0.2, -0.15) is 13.2 Å². The van der Waals surface area contributed by atoms with Crippen molar-refractivity contribution < 1.29 is 27.6 Å². The van der Waals surface area contributed by atoms with E-state index < -0.39 is 28.5 Å². The molecule has 0 amide bonds. The lowest BCUT2D eigenvalue weighted by molar-refractivity contribution is -0.385. The van der Waals surface area contributed by atoms with Crippen LogP contribution >= 0.6 is 11.3 Å². The summed E-state index contributed by atoms with van der Waals surface area (Å²) >= 11 is 1.44. The van der Waals surface area contributed by atoms with Gasteiger partial charge in [-0.25, -0.2) is 4.39 Å². The minimum absolute atomic E-state index is 0.0699. The first-order valence-electron chi connectivity index (χ1n) is 10.3. The Hall–Kier alpha value is -2.76. The predicted octanol–water partition coefficient (Wildman–Crippen LogP) is 5.21. The fourth-order valence-corrected chi connectivity index (χ4v) is 5.08. The Morgan fingerprint density at radius 3 is 2.52 bits per heavy atom. The summed E-state index contributed by atoms with van der Waals surface area (Å²) in [6.07, 6.45) is -5.07. The smallest absolute Gasteiger partial charge is 0.388 e. The number of aliphatic hydroxyl groups is 1. The maximum Gasteiger partial charge on any atom is 0.418 e. The van der Waals surface area contributed by atoms with Gasteiger partial charge in [-0.05, 0) is 41.6 Å². The van der Waals surface area contributed by atoms with Gasteiger partial charge in [0.1, 0.15) is 5.82 Å². The van der Waals surface area contributed by atoms with Crippen molar-refractivity contribution in [3.05, 3.63) is 68.8 Å². The quantitative estimate of drug-likeness (QED) is 0.296. The minimum atomic E-state index is -4.70. The minimum Gasteiger partial charge on any atom is -0.388 e. The summed E-state index contributed by atoms with van der Waals surface area (Å²) in [7, 11) is 0. The molecule has 11 heteroatoms. The molecule has 1 saturated heterocycles. The van der Waals surface area contributed by atoms with Crippen LogP contribution in [0.3, 0.4) is 0 Å². The number of nitrogens with zero attached hydrogens (tertiary/aromatic N) is 3. The molecule has 0 aliphatic carbocycles. The third-order valence-corrected chi connectivity index (χ3v) is 6.83. The molecule has 2 heterocycles. The van der Waals surface area contributed by atoms with E-state index in [2.05, 4.69) is 0 Å². The van der Waals surface area contributed by atoms with Crippen LogP contribution in [0, 0.1) is 15.9 Å². The zero-order valence-corrected chi connectivity index (χ0v) is 18.2. The van der Waals surface area contributed by atoms with Crippen molar-refractivity contribution >= 4 is 32.8 Å². The number of benzene rings is 2. The van der Waals surface area contributed by atoms with Gasteiger partial charge in [-0.15, -0.1) is 11.3 Å². The number of hydrogen-bond acceptors (Lipinski definition) is 6. The van der Waals surface area contributed by atoms with E-state index in [0.717, 1.165) is 16.8 Å². The highest BCUT2D eigenvalue weighted by atomic mass is 32.1. The van der Waals surface area contributed by atoms with Crippen LogP contribution in [0.2, 0.25) is 0 Å². The van der Waals surface area contributed by atoms with Gasteiger partial charge < -0.3 is 10.0 Å². The number of hydrogen-bond donors (Lipinski definition) is 1. The number of aliphatic hydroxyl groups excluding tert-OH is 1. The Morgan fingerprint density at radius 1 is 1.12 bits per heavy atom. The van der Waals surface area contributed by atoms with Gasteiger partial charge in [0.2, 0.25) is 0 Å². The second kappa shape index (κ2) is 9.24. The summed E-state index contributed by atoms with van der Waals surface area (Å²) < 4.78 is 55.0. The molecule has 4 rings (SSSR count). The molecule has 0 saturated carbocycles. The van der Waals surface area contributed by atoms with Crippen molar-refractivity contribution in [2.45, 2.75) is 18.7 Å². The lowest BCUT2D eigenvalue weighted by Crippen LogP contribution is -2.47. The molecular weight excluding hydrogens is 462 g/mol. The topological polar surface area (TPSA) is 69.9 Å². The molecule has 1 aliphatic heterocycles. The van der Waals surface area contributed by atoms with Crippen LogP contribution in [0.25, 0.3) is 10.1 Å². The van der Waals surface area contributed by atoms with Gasteiger partial charge in [0.05, 0.1) is 16.6 Å². The number of non-ortho nitro benzene ring substituents is 1. The summed E-state index contributed by atoms with van der Waals surface area (Å²) in [5.41, 5.74) is -1.01. The van der Waals surface area contributed by atoms with Crippen molar-refractivity contribution in [3.8, 4) is 0 Å². The molecule has 6 nitrogen and oxygen atoms in total. The summed E-state index contributed by atoms with van der Waals surface area (Å²) in [5.74, 6) is -0.366. The number of nitro groups is 1. The first-order valence-corrected chi connectivity index (χ1v) is 11.2. The van der Waals surface area contributed by atoms with Gasteiger partial charge in [-0.1, -0.05) is 0 Å². The van der Waals surface area contributed by atoms with Gasteiger partial charge in [0.25, 0.3) is 5.69 Å². The average Bonchev–Trinajstić information content (AvgIpc) is 3.20. The molecule has 33 heavy (non-hydrogen) atoms. The van der Waals surface area contributed by atoms with Crippen molar-refractivity contribution in [2.75, 3.05) is 37.6 Å². The Balaban J connectivity index is 1.38. The highest BCUT2D eigenvalue weighted by molar-refractivity contribution is 7.17. The van der Waals surface area contributed by atoms with Gasteiger partial charge in [0.15, 0.2) is 0 Å². The highest BCUT2D eigenvalue weighted by Crippen LogP contribution is 2.39. The van der Waals surface area contributed by atoms with E-state index in [1.54, 1.807) is 11.0 Å². The molecule has 0 bridgehead atoms. The summed E-state index contributed by atoms with van der Waals surface area (Å²) in [4.78, 5) is 13.7. The Morgan fingerprint density at radius 2 is 1.85 bits per heavy atom. The molecule has 1 fully saturated rings. The number of anilines is 1. The zero-order valence-electron chi connectivity index (χ0n) is 17.4. The SMILES string of the molecule is O=[N+]([O-])c1ccc(N2CCN(CCC(O)c3csc4ccc(F)cc34)CC2)c(C(F)(F)F)c1. The molecule has 0 radical (unpaired) electrons. The molecule has 1 N–H and O–H groups in total. The second-order valence-corrected chi connectivity index (χ2v) is 8.83. The van der Waals surface area contributed by atoms with Crippen molar-refractivity contribution in [3.63, 3.8) is 0 Å². The number of piperazine rings is 1. The van der Waals surface area contributed by atoms with E-state index in [4.69, 9.17) is 0 Å². The fraction of sp³-hybridized carbons (Fsp3) is 0.364. The summed E-state index contributed by atoms with van der Waals surface area (Å²) in [6.45, 7) is 2.15. The van der Waals surface area contributed by atoms with Gasteiger partial charge >= 0.3 is 6.18 Å². The molecule has 0 spiro atoms.